The molecule has 1 aliphatic heterocycles. The molecule has 1 fully saturated rings. The summed E-state index contributed by atoms with van der Waals surface area (Å²) in [6.07, 6.45) is 1.54. The first-order valence-corrected chi connectivity index (χ1v) is 8.50. The van der Waals surface area contributed by atoms with Crippen LogP contribution in [0.3, 0.4) is 0 Å². The fraction of sp³-hybridized carbons (Fsp3) is 0.389. The monoisotopic (exact) mass is 338 g/mol. The third-order valence-corrected chi connectivity index (χ3v) is 4.66. The van der Waals surface area contributed by atoms with E-state index in [0.717, 1.165) is 55.0 Å². The van der Waals surface area contributed by atoms with Crippen molar-refractivity contribution in [2.24, 2.45) is 0 Å². The molecule has 0 spiro atoms. The first-order chi connectivity index (χ1) is 12.2. The van der Waals surface area contributed by atoms with Crippen LogP contribution in [0, 0.1) is 6.92 Å². The maximum absolute atomic E-state index is 5.37. The molecule has 0 radical (unpaired) electrons. The molecule has 0 saturated carbocycles. The van der Waals surface area contributed by atoms with Gasteiger partial charge in [0.05, 0.1) is 23.7 Å². The molecule has 3 aromatic rings. The Balaban J connectivity index is 1.46. The van der Waals surface area contributed by atoms with Crippen LogP contribution in [0.15, 0.2) is 30.6 Å². The molecule has 4 rings (SSSR count). The van der Waals surface area contributed by atoms with E-state index < -0.39 is 0 Å². The number of nitrogens with one attached hydrogen (secondary N) is 1. The average Bonchev–Trinajstić information content (AvgIpc) is 3.06. The Morgan fingerprint density at radius 1 is 1.12 bits per heavy atom. The second-order valence-corrected chi connectivity index (χ2v) is 6.39. The molecule has 0 amide bonds. The van der Waals surface area contributed by atoms with Crippen molar-refractivity contribution in [2.75, 3.05) is 38.2 Å². The van der Waals surface area contributed by atoms with E-state index >= 15 is 0 Å². The minimum Gasteiger partial charge on any atom is -0.480 e. The predicted octanol–water partition coefficient (Wildman–Crippen LogP) is 1.99. The molecule has 0 unspecified atom stereocenters. The highest BCUT2D eigenvalue weighted by molar-refractivity contribution is 5.86. The maximum atomic E-state index is 5.37. The quantitative estimate of drug-likeness (QED) is 0.784. The van der Waals surface area contributed by atoms with Crippen LogP contribution in [0.5, 0.6) is 5.88 Å². The lowest BCUT2D eigenvalue weighted by atomic mass is 10.2. The van der Waals surface area contributed by atoms with Crippen molar-refractivity contribution in [3.8, 4) is 5.88 Å². The van der Waals surface area contributed by atoms with Crippen LogP contribution in [0.25, 0.3) is 10.9 Å². The minimum absolute atomic E-state index is 0.624. The molecule has 25 heavy (non-hydrogen) atoms. The highest BCUT2D eigenvalue weighted by atomic mass is 16.5. The maximum Gasteiger partial charge on any atom is 0.224 e. The van der Waals surface area contributed by atoms with Gasteiger partial charge in [-0.25, -0.2) is 9.97 Å². The van der Waals surface area contributed by atoms with Crippen LogP contribution in [-0.2, 0) is 6.54 Å². The van der Waals surface area contributed by atoms with Crippen molar-refractivity contribution in [2.45, 2.75) is 13.5 Å². The van der Waals surface area contributed by atoms with Gasteiger partial charge < -0.3 is 9.64 Å². The van der Waals surface area contributed by atoms with Gasteiger partial charge in [0.25, 0.3) is 0 Å². The summed E-state index contributed by atoms with van der Waals surface area (Å²) in [5.41, 5.74) is 4.32. The standard InChI is InChI=1S/C18H22N6O/c1-13-9-14(22-21-13)11-23-5-7-24(8-6-23)15-3-4-17-16(10-15)18(25-2)20-12-19-17/h3-4,9-10,12H,5-8,11H2,1-2H3,(H,21,22). The van der Waals surface area contributed by atoms with Crippen LogP contribution < -0.4 is 9.64 Å². The second-order valence-electron chi connectivity index (χ2n) is 6.39. The van der Waals surface area contributed by atoms with Gasteiger partial charge in [-0.2, -0.15) is 5.10 Å². The normalized spacial score (nSPS) is 15.7. The van der Waals surface area contributed by atoms with Gasteiger partial charge in [0.2, 0.25) is 5.88 Å². The topological polar surface area (TPSA) is 70.2 Å². The number of piperazine rings is 1. The summed E-state index contributed by atoms with van der Waals surface area (Å²) < 4.78 is 5.37. The number of H-pyrrole nitrogens is 1. The highest BCUT2D eigenvalue weighted by Crippen LogP contribution is 2.27. The molecule has 0 atom stereocenters. The van der Waals surface area contributed by atoms with Gasteiger partial charge in [-0.15, -0.1) is 0 Å². The number of rotatable bonds is 4. The van der Waals surface area contributed by atoms with E-state index in [9.17, 15) is 0 Å². The summed E-state index contributed by atoms with van der Waals surface area (Å²) in [7, 11) is 1.64. The number of benzene rings is 1. The first-order valence-electron chi connectivity index (χ1n) is 8.50. The fourth-order valence-electron chi connectivity index (χ4n) is 3.33. The van der Waals surface area contributed by atoms with Crippen LogP contribution in [-0.4, -0.2) is 58.4 Å². The highest BCUT2D eigenvalue weighted by Gasteiger charge is 2.19. The first kappa shape index (κ1) is 15.8. The zero-order valence-electron chi connectivity index (χ0n) is 14.6. The van der Waals surface area contributed by atoms with E-state index in [1.165, 1.54) is 12.0 Å². The lowest BCUT2D eigenvalue weighted by Crippen LogP contribution is -2.46. The number of aryl methyl sites for hydroxylation is 1. The van der Waals surface area contributed by atoms with Gasteiger partial charge in [-0.05, 0) is 31.2 Å². The fourth-order valence-corrected chi connectivity index (χ4v) is 3.33. The SMILES string of the molecule is COc1ncnc2ccc(N3CCN(Cc4cc(C)[nH]n4)CC3)cc12. The van der Waals surface area contributed by atoms with E-state index in [1.807, 2.05) is 13.0 Å². The number of fused-ring (bicyclic) bond motifs is 1. The molecule has 1 aliphatic rings. The summed E-state index contributed by atoms with van der Waals surface area (Å²) in [4.78, 5) is 13.4. The van der Waals surface area contributed by atoms with Gasteiger partial charge in [0.15, 0.2) is 0 Å². The Morgan fingerprint density at radius 2 is 1.96 bits per heavy atom. The molecule has 130 valence electrons. The van der Waals surface area contributed by atoms with Crippen LogP contribution >= 0.6 is 0 Å². The van der Waals surface area contributed by atoms with Crippen molar-refractivity contribution in [3.63, 3.8) is 0 Å². The molecule has 0 aliphatic carbocycles. The summed E-state index contributed by atoms with van der Waals surface area (Å²) >= 11 is 0. The lowest BCUT2D eigenvalue weighted by molar-refractivity contribution is 0.247. The third-order valence-electron chi connectivity index (χ3n) is 4.66. The summed E-state index contributed by atoms with van der Waals surface area (Å²) in [6, 6.07) is 8.40. The Kier molecular flexibility index (Phi) is 4.23. The number of aromatic amines is 1. The molecule has 7 heteroatoms. The molecule has 1 aromatic carbocycles. The molecular formula is C18H22N6O. The molecule has 2 aromatic heterocycles. The van der Waals surface area contributed by atoms with Crippen molar-refractivity contribution >= 4 is 16.6 Å². The van der Waals surface area contributed by atoms with E-state index in [0.29, 0.717) is 5.88 Å². The van der Waals surface area contributed by atoms with E-state index in [4.69, 9.17) is 4.74 Å². The number of anilines is 1. The number of hydrogen-bond acceptors (Lipinski definition) is 6. The molecule has 1 saturated heterocycles. The average molecular weight is 338 g/mol. The number of aromatic nitrogens is 4. The van der Waals surface area contributed by atoms with Crippen molar-refractivity contribution in [3.05, 3.63) is 42.0 Å². The molecule has 3 heterocycles. The van der Waals surface area contributed by atoms with Gasteiger partial charge in [-0.3, -0.25) is 10.00 Å². The van der Waals surface area contributed by atoms with Crippen molar-refractivity contribution in [1.82, 2.24) is 25.1 Å². The van der Waals surface area contributed by atoms with Gasteiger partial charge in [0.1, 0.15) is 6.33 Å². The summed E-state index contributed by atoms with van der Waals surface area (Å²) in [5.74, 6) is 0.624. The number of hydrogen-bond donors (Lipinski definition) is 1. The molecule has 7 nitrogen and oxygen atoms in total. The largest absolute Gasteiger partial charge is 0.480 e. The Bertz CT molecular complexity index is 869. The summed E-state index contributed by atoms with van der Waals surface area (Å²) in [5, 5.41) is 8.30. The number of methoxy groups -OCH3 is 1. The third kappa shape index (κ3) is 3.28. The molecular weight excluding hydrogens is 316 g/mol. The van der Waals surface area contributed by atoms with Crippen molar-refractivity contribution < 1.29 is 4.74 Å². The van der Waals surface area contributed by atoms with Crippen LogP contribution in [0.1, 0.15) is 11.4 Å². The van der Waals surface area contributed by atoms with Gasteiger partial charge in [0, 0.05) is 44.1 Å². The summed E-state index contributed by atoms with van der Waals surface area (Å²) in [6.45, 7) is 6.96. The minimum atomic E-state index is 0.624. The number of ether oxygens (including phenoxy) is 1. The van der Waals surface area contributed by atoms with E-state index in [1.54, 1.807) is 7.11 Å². The molecule has 1 N–H and O–H groups in total. The van der Waals surface area contributed by atoms with Crippen molar-refractivity contribution in [1.29, 1.82) is 0 Å². The van der Waals surface area contributed by atoms with Crippen LogP contribution in [0.4, 0.5) is 5.69 Å². The lowest BCUT2D eigenvalue weighted by Gasteiger charge is -2.35. The van der Waals surface area contributed by atoms with E-state index in [-0.39, 0.29) is 0 Å². The van der Waals surface area contributed by atoms with Gasteiger partial charge >= 0.3 is 0 Å². The van der Waals surface area contributed by atoms with Crippen LogP contribution in [0.2, 0.25) is 0 Å². The predicted molar refractivity (Wildman–Crippen MR) is 96.9 cm³/mol. The second kappa shape index (κ2) is 6.68. The Hall–Kier alpha value is -2.67. The Labute approximate surface area is 146 Å². The van der Waals surface area contributed by atoms with Gasteiger partial charge in [-0.1, -0.05) is 0 Å². The Morgan fingerprint density at radius 3 is 2.68 bits per heavy atom. The smallest absolute Gasteiger partial charge is 0.224 e. The zero-order valence-corrected chi connectivity index (χ0v) is 14.6. The van der Waals surface area contributed by atoms with E-state index in [2.05, 4.69) is 48.2 Å². The zero-order chi connectivity index (χ0) is 17.2. The number of nitrogens with zero attached hydrogens (tertiary/aromatic N) is 5. The molecule has 0 bridgehead atoms.